The molecule has 38 heavy (non-hydrogen) atoms. The van der Waals surface area contributed by atoms with Gasteiger partial charge in [-0.2, -0.15) is 15.3 Å². The van der Waals surface area contributed by atoms with Crippen molar-refractivity contribution >= 4 is 21.8 Å². The Kier molecular flexibility index (Phi) is 5.96. The van der Waals surface area contributed by atoms with Crippen LogP contribution in [0.1, 0.15) is 43.9 Å². The zero-order valence-corrected chi connectivity index (χ0v) is 22.8. The number of nitrogens with zero attached hydrogens (tertiary/aromatic N) is 7. The largest absolute Gasteiger partial charge is 0.473 e. The number of aromatic nitrogens is 7. The van der Waals surface area contributed by atoms with E-state index in [2.05, 4.69) is 47.1 Å². The van der Waals surface area contributed by atoms with E-state index in [1.807, 2.05) is 38.6 Å². The van der Waals surface area contributed by atoms with Crippen LogP contribution < -0.4 is 4.74 Å². The average Bonchev–Trinajstić information content (AvgIpc) is 3.56. The minimum atomic E-state index is -0.141. The van der Waals surface area contributed by atoms with Gasteiger partial charge in [0.1, 0.15) is 11.8 Å². The van der Waals surface area contributed by atoms with Crippen molar-refractivity contribution in [1.29, 1.82) is 0 Å². The molecule has 2 atom stereocenters. The number of hydrogen-bond donors (Lipinski definition) is 2. The Morgan fingerprint density at radius 3 is 2.74 bits per heavy atom. The predicted molar refractivity (Wildman–Crippen MR) is 147 cm³/mol. The van der Waals surface area contributed by atoms with Crippen LogP contribution in [0.3, 0.4) is 0 Å². The summed E-state index contributed by atoms with van der Waals surface area (Å²) in [6.45, 7) is 12.5. The first-order chi connectivity index (χ1) is 18.3. The number of H-pyrrole nitrogens is 1. The lowest BCUT2D eigenvalue weighted by Gasteiger charge is -2.26. The molecule has 0 amide bonds. The number of rotatable bonds is 3. The molecule has 10 heteroatoms. The molecular weight excluding hydrogens is 480 g/mol. The maximum atomic E-state index is 10.00. The van der Waals surface area contributed by atoms with E-state index in [1.54, 1.807) is 4.68 Å². The summed E-state index contributed by atoms with van der Waals surface area (Å²) in [7, 11) is 1.91. The van der Waals surface area contributed by atoms with Crippen LogP contribution >= 0.6 is 0 Å². The molecule has 1 aromatic carbocycles. The number of aryl methyl sites for hydroxylation is 3. The van der Waals surface area contributed by atoms with E-state index in [0.717, 1.165) is 67.9 Å². The normalized spacial score (nSPS) is 17.1. The molecule has 10 nitrogen and oxygen atoms in total. The zero-order chi connectivity index (χ0) is 26.7. The first-order valence-corrected chi connectivity index (χ1v) is 13.2. The molecule has 0 saturated heterocycles. The van der Waals surface area contributed by atoms with Crippen LogP contribution in [0.15, 0.2) is 24.3 Å². The topological polar surface area (TPSA) is 110 Å². The van der Waals surface area contributed by atoms with Gasteiger partial charge < -0.3 is 9.84 Å². The summed E-state index contributed by atoms with van der Waals surface area (Å²) < 4.78 is 10.3. The van der Waals surface area contributed by atoms with Gasteiger partial charge in [-0.1, -0.05) is 13.0 Å². The lowest BCUT2D eigenvalue weighted by Crippen LogP contribution is -2.35. The van der Waals surface area contributed by atoms with Gasteiger partial charge in [-0.3, -0.25) is 19.7 Å². The number of aromatic amines is 1. The quantitative estimate of drug-likeness (QED) is 0.372. The SMILES string of the molecule is CCN1Cc2c3cc(ccc3nn2[C@@H](C)CO)-c2n[nH]c3c(C)nc(cc23)-c2c(C)nn(C)c2O[C@@H](C)C1. The number of aliphatic hydroxyl groups is 1. The highest BCUT2D eigenvalue weighted by Gasteiger charge is 2.25. The molecule has 5 heterocycles. The van der Waals surface area contributed by atoms with Gasteiger partial charge in [-0.05, 0) is 52.4 Å². The molecule has 0 aliphatic carbocycles. The Labute approximate surface area is 221 Å². The van der Waals surface area contributed by atoms with Crippen molar-refractivity contribution in [2.75, 3.05) is 19.7 Å². The van der Waals surface area contributed by atoms with Crippen molar-refractivity contribution in [2.24, 2.45) is 7.05 Å². The van der Waals surface area contributed by atoms with Crippen LogP contribution in [0.5, 0.6) is 5.88 Å². The molecule has 4 bridgehead atoms. The van der Waals surface area contributed by atoms with E-state index < -0.39 is 0 Å². The van der Waals surface area contributed by atoms with Gasteiger partial charge in [-0.25, -0.2) is 4.68 Å². The van der Waals surface area contributed by atoms with Crippen molar-refractivity contribution in [3.8, 4) is 28.4 Å². The van der Waals surface area contributed by atoms with Gasteiger partial charge in [0.05, 0.1) is 52.0 Å². The van der Waals surface area contributed by atoms with Gasteiger partial charge in [0, 0.05) is 36.5 Å². The zero-order valence-electron chi connectivity index (χ0n) is 22.8. The number of pyridine rings is 1. The summed E-state index contributed by atoms with van der Waals surface area (Å²) in [5, 5.41) is 29.6. The fourth-order valence-corrected chi connectivity index (χ4v) is 5.60. The van der Waals surface area contributed by atoms with E-state index in [9.17, 15) is 5.11 Å². The van der Waals surface area contributed by atoms with E-state index in [1.165, 1.54) is 0 Å². The molecule has 6 rings (SSSR count). The Bertz CT molecular complexity index is 1660. The van der Waals surface area contributed by atoms with Crippen molar-refractivity contribution < 1.29 is 9.84 Å². The molecule has 1 aliphatic rings. The third-order valence-corrected chi connectivity index (χ3v) is 7.56. The van der Waals surface area contributed by atoms with Crippen molar-refractivity contribution in [2.45, 2.75) is 53.3 Å². The minimum absolute atomic E-state index is 0.0150. The maximum absolute atomic E-state index is 10.00. The molecular formula is C28H34N8O2. The number of nitrogens with one attached hydrogen (secondary N) is 1. The Balaban J connectivity index is 1.65. The number of ether oxygens (including phenoxy) is 1. The standard InChI is InChI=1S/C28H34N8O2/c1-7-35-12-16(3)38-28-25(17(4)32-34(28)6)23-11-21-26(18(5)29-23)30-31-27(21)19-8-9-22-20(10-19)24(13-35)36(33-22)15(2)14-37/h8-11,15-16,37H,7,12-14H2,1-6H3,(H,30,31)/t15-,16-/m0/s1. The third-order valence-electron chi connectivity index (χ3n) is 7.56. The Hall–Kier alpha value is -3.76. The summed E-state index contributed by atoms with van der Waals surface area (Å²) in [5.74, 6) is 0.708. The van der Waals surface area contributed by atoms with Gasteiger partial charge in [0.15, 0.2) is 0 Å². The molecule has 4 aromatic heterocycles. The summed E-state index contributed by atoms with van der Waals surface area (Å²) in [4.78, 5) is 7.29. The van der Waals surface area contributed by atoms with Gasteiger partial charge in [-0.15, -0.1) is 0 Å². The first kappa shape index (κ1) is 24.6. The van der Waals surface area contributed by atoms with E-state index in [-0.39, 0.29) is 18.8 Å². The second-order valence-electron chi connectivity index (χ2n) is 10.4. The van der Waals surface area contributed by atoms with Gasteiger partial charge in [0.25, 0.3) is 0 Å². The second kappa shape index (κ2) is 9.21. The van der Waals surface area contributed by atoms with Gasteiger partial charge in [0.2, 0.25) is 5.88 Å². The number of benzene rings is 1. The summed E-state index contributed by atoms with van der Waals surface area (Å²) in [6.07, 6.45) is -0.101. The Morgan fingerprint density at radius 1 is 1.16 bits per heavy atom. The van der Waals surface area contributed by atoms with E-state index in [4.69, 9.17) is 19.9 Å². The number of fused-ring (bicyclic) bond motifs is 5. The van der Waals surface area contributed by atoms with Crippen molar-refractivity contribution in [1.82, 2.24) is 39.6 Å². The average molecular weight is 515 g/mol. The molecule has 1 aliphatic heterocycles. The summed E-state index contributed by atoms with van der Waals surface area (Å²) >= 11 is 0. The Morgan fingerprint density at radius 2 is 1.97 bits per heavy atom. The summed E-state index contributed by atoms with van der Waals surface area (Å²) in [6, 6.07) is 8.24. The maximum Gasteiger partial charge on any atom is 0.221 e. The molecule has 0 unspecified atom stereocenters. The summed E-state index contributed by atoms with van der Waals surface area (Å²) in [5.41, 5.74) is 8.21. The van der Waals surface area contributed by atoms with Gasteiger partial charge >= 0.3 is 0 Å². The molecule has 198 valence electrons. The van der Waals surface area contributed by atoms with Crippen molar-refractivity contribution in [3.05, 3.63) is 41.3 Å². The molecule has 0 saturated carbocycles. The van der Waals surface area contributed by atoms with Crippen molar-refractivity contribution in [3.63, 3.8) is 0 Å². The first-order valence-electron chi connectivity index (χ1n) is 13.2. The fraction of sp³-hybridized carbons (Fsp3) is 0.429. The van der Waals surface area contributed by atoms with Crippen LogP contribution in [-0.4, -0.2) is 70.5 Å². The second-order valence-corrected chi connectivity index (χ2v) is 10.4. The lowest BCUT2D eigenvalue weighted by molar-refractivity contribution is 0.133. The highest BCUT2D eigenvalue weighted by Crippen LogP contribution is 2.38. The van der Waals surface area contributed by atoms with E-state index in [0.29, 0.717) is 19.0 Å². The molecule has 5 aromatic rings. The number of aliphatic hydroxyl groups excluding tert-OH is 1. The number of likely N-dealkylation sites (N-methyl/N-ethyl adjacent to an activating group) is 1. The molecule has 0 spiro atoms. The minimum Gasteiger partial charge on any atom is -0.473 e. The fourth-order valence-electron chi connectivity index (χ4n) is 5.60. The highest BCUT2D eigenvalue weighted by molar-refractivity contribution is 5.98. The monoisotopic (exact) mass is 514 g/mol. The lowest BCUT2D eigenvalue weighted by atomic mass is 10.0. The van der Waals surface area contributed by atoms with Crippen LogP contribution in [0, 0.1) is 13.8 Å². The third kappa shape index (κ3) is 3.86. The van der Waals surface area contributed by atoms with E-state index >= 15 is 0 Å². The highest BCUT2D eigenvalue weighted by atomic mass is 16.5. The molecule has 2 N–H and O–H groups in total. The molecule has 0 radical (unpaired) electrons. The van der Waals surface area contributed by atoms with Crippen LogP contribution in [0.2, 0.25) is 0 Å². The molecule has 0 fully saturated rings. The van der Waals surface area contributed by atoms with Crippen LogP contribution in [-0.2, 0) is 13.6 Å². The smallest absolute Gasteiger partial charge is 0.221 e. The number of hydrogen-bond acceptors (Lipinski definition) is 7. The van der Waals surface area contributed by atoms with Crippen LogP contribution in [0.4, 0.5) is 0 Å². The predicted octanol–water partition coefficient (Wildman–Crippen LogP) is 4.15. The van der Waals surface area contributed by atoms with Crippen LogP contribution in [0.25, 0.3) is 44.3 Å².